The predicted molar refractivity (Wildman–Crippen MR) is 115 cm³/mol. The summed E-state index contributed by atoms with van der Waals surface area (Å²) in [5.41, 5.74) is -1.03. The van der Waals surface area contributed by atoms with E-state index in [1.54, 1.807) is 13.8 Å². The monoisotopic (exact) mass is 456 g/mol. The van der Waals surface area contributed by atoms with Gasteiger partial charge in [-0.15, -0.1) is 5.06 Å². The molecule has 2 N–H and O–H groups in total. The first-order valence-electron chi connectivity index (χ1n) is 12.2. The zero-order valence-corrected chi connectivity index (χ0v) is 19.1. The van der Waals surface area contributed by atoms with Crippen LogP contribution >= 0.6 is 0 Å². The van der Waals surface area contributed by atoms with Gasteiger partial charge in [0.15, 0.2) is 0 Å². The van der Waals surface area contributed by atoms with E-state index in [1.165, 1.54) is 4.90 Å². The lowest BCUT2D eigenvalue weighted by Crippen LogP contribution is -2.62. The Hall–Kier alpha value is -2.53. The molecule has 2 unspecified atom stereocenters. The smallest absolute Gasteiger partial charge is 0.334 e. The van der Waals surface area contributed by atoms with Crippen molar-refractivity contribution >= 4 is 29.6 Å². The fourth-order valence-electron chi connectivity index (χ4n) is 3.59. The van der Waals surface area contributed by atoms with Crippen molar-refractivity contribution < 1.29 is 32.9 Å². The van der Waals surface area contributed by atoms with Gasteiger partial charge in [-0.3, -0.25) is 24.1 Å². The molecule has 0 saturated carbocycles. The summed E-state index contributed by atoms with van der Waals surface area (Å²) in [5, 5.41) is 5.65. The lowest BCUT2D eigenvalue weighted by Gasteiger charge is -2.48. The molecule has 0 bridgehead atoms. The van der Waals surface area contributed by atoms with Gasteiger partial charge in [0, 0.05) is 61.6 Å². The number of hydrogen-bond donors (Lipinski definition) is 2. The Morgan fingerprint density at radius 2 is 1.69 bits per heavy atom. The average Bonchev–Trinajstić information content (AvgIpc) is 3.06. The van der Waals surface area contributed by atoms with Crippen molar-refractivity contribution in [1.82, 2.24) is 25.5 Å². The molecule has 2 fully saturated rings. The molecule has 0 aliphatic carbocycles. The Morgan fingerprint density at radius 1 is 1.06 bits per heavy atom. The van der Waals surface area contributed by atoms with Crippen LogP contribution in [0.2, 0.25) is 0 Å². The summed E-state index contributed by atoms with van der Waals surface area (Å²) in [6.45, 7) is 3.66. The Labute approximate surface area is 192 Å². The van der Waals surface area contributed by atoms with Crippen LogP contribution in [0.25, 0.3) is 0 Å². The minimum atomic E-state index is -2.34. The SMILES string of the molecule is [2H]C([2H])([2H])N1CC(C)N(C)CC1C(C)(C)C(=O)NCCC(=O)NCCC(=O)ON1C(=O)CCC1=O. The molecular formula is C21H35N5O6. The molecule has 32 heavy (non-hydrogen) atoms. The molecule has 2 rings (SSSR count). The first-order valence-corrected chi connectivity index (χ1v) is 10.7. The van der Waals surface area contributed by atoms with Crippen molar-refractivity contribution in [2.75, 3.05) is 40.2 Å². The van der Waals surface area contributed by atoms with Gasteiger partial charge in [0.2, 0.25) is 11.8 Å². The van der Waals surface area contributed by atoms with Gasteiger partial charge < -0.3 is 20.4 Å². The Kier molecular flexibility index (Phi) is 7.24. The lowest BCUT2D eigenvalue weighted by molar-refractivity contribution is -0.197. The number of carbonyl (C=O) groups excluding carboxylic acids is 5. The minimum Gasteiger partial charge on any atom is -0.355 e. The zero-order valence-electron chi connectivity index (χ0n) is 22.1. The molecule has 0 aromatic carbocycles. The molecule has 0 aromatic heterocycles. The van der Waals surface area contributed by atoms with Gasteiger partial charge in [0.1, 0.15) is 0 Å². The number of likely N-dealkylation sites (N-methyl/N-ethyl adjacent to an activating group) is 2. The second kappa shape index (κ2) is 10.9. The highest BCUT2D eigenvalue weighted by Crippen LogP contribution is 2.29. The molecule has 180 valence electrons. The highest BCUT2D eigenvalue weighted by molar-refractivity contribution is 6.01. The first-order chi connectivity index (χ1) is 16.1. The van der Waals surface area contributed by atoms with Crippen LogP contribution in [0, 0.1) is 5.41 Å². The van der Waals surface area contributed by atoms with E-state index in [4.69, 9.17) is 8.95 Å². The van der Waals surface area contributed by atoms with Crippen LogP contribution < -0.4 is 10.6 Å². The molecule has 2 aliphatic heterocycles. The number of hydroxylamine groups is 2. The Bertz CT molecular complexity index is 834. The number of nitrogens with zero attached hydrogens (tertiary/aromatic N) is 3. The van der Waals surface area contributed by atoms with Crippen LogP contribution in [0.4, 0.5) is 0 Å². The maximum atomic E-state index is 12.9. The fraction of sp³-hybridized carbons (Fsp3) is 0.762. The topological polar surface area (TPSA) is 128 Å². The zero-order chi connectivity index (χ0) is 26.6. The number of imide groups is 1. The summed E-state index contributed by atoms with van der Waals surface area (Å²) in [5.74, 6) is -2.77. The molecule has 11 nitrogen and oxygen atoms in total. The molecule has 2 saturated heterocycles. The van der Waals surface area contributed by atoms with Crippen LogP contribution in [-0.2, 0) is 28.8 Å². The highest BCUT2D eigenvalue weighted by Gasteiger charge is 2.42. The van der Waals surface area contributed by atoms with Crippen molar-refractivity contribution in [2.45, 2.75) is 58.5 Å². The van der Waals surface area contributed by atoms with E-state index in [0.29, 0.717) is 18.2 Å². The summed E-state index contributed by atoms with van der Waals surface area (Å²) < 4.78 is 23.7. The normalized spacial score (nSPS) is 24.5. The number of nitrogens with one attached hydrogen (secondary N) is 2. The molecule has 0 aromatic rings. The van der Waals surface area contributed by atoms with Gasteiger partial charge >= 0.3 is 5.97 Å². The number of hydrogen-bond acceptors (Lipinski definition) is 8. The molecule has 11 heteroatoms. The summed E-state index contributed by atoms with van der Waals surface area (Å²) in [7, 11) is 1.89. The summed E-state index contributed by atoms with van der Waals surface area (Å²) >= 11 is 0. The maximum absolute atomic E-state index is 12.9. The van der Waals surface area contributed by atoms with E-state index in [0.717, 1.165) is 0 Å². The van der Waals surface area contributed by atoms with Crippen molar-refractivity contribution in [2.24, 2.45) is 5.41 Å². The van der Waals surface area contributed by atoms with Crippen LogP contribution in [-0.4, -0.2) is 96.7 Å². The van der Waals surface area contributed by atoms with Crippen LogP contribution in [0.5, 0.6) is 0 Å². The van der Waals surface area contributed by atoms with E-state index in [9.17, 15) is 24.0 Å². The largest absolute Gasteiger partial charge is 0.355 e. The third-order valence-corrected chi connectivity index (χ3v) is 5.96. The molecule has 0 spiro atoms. The van der Waals surface area contributed by atoms with Crippen molar-refractivity contribution in [3.8, 4) is 0 Å². The number of carbonyl (C=O) groups is 5. The van der Waals surface area contributed by atoms with Gasteiger partial charge in [-0.2, -0.15) is 0 Å². The van der Waals surface area contributed by atoms with Crippen LogP contribution in [0.3, 0.4) is 0 Å². The fourth-order valence-corrected chi connectivity index (χ4v) is 3.59. The Morgan fingerprint density at radius 3 is 2.31 bits per heavy atom. The lowest BCUT2D eigenvalue weighted by atomic mass is 9.80. The Balaban J connectivity index is 1.77. The standard InChI is InChI=1S/C21H35N5O6/c1-14-12-25(5)15(13-24(14)4)21(2,3)20(31)23-10-8-16(27)22-11-9-19(30)32-26-17(28)6-7-18(26)29/h14-15H,6-13H2,1-5H3,(H,22,27)(H,23,31)/i5D3. The summed E-state index contributed by atoms with van der Waals surface area (Å²) in [6, 6.07) is -0.520. The second-order valence-electron chi connectivity index (χ2n) is 8.83. The summed E-state index contributed by atoms with van der Waals surface area (Å²) in [6.07, 6.45) is -0.294. The first kappa shape index (κ1) is 21.3. The molecule has 2 heterocycles. The van der Waals surface area contributed by atoms with Gasteiger partial charge in [-0.25, -0.2) is 4.79 Å². The molecule has 4 amide bonds. The third kappa shape index (κ3) is 6.49. The van der Waals surface area contributed by atoms with E-state index in [1.807, 2.05) is 18.9 Å². The molecule has 0 radical (unpaired) electrons. The second-order valence-corrected chi connectivity index (χ2v) is 8.83. The van der Waals surface area contributed by atoms with E-state index >= 15 is 0 Å². The van der Waals surface area contributed by atoms with E-state index in [-0.39, 0.29) is 50.7 Å². The van der Waals surface area contributed by atoms with Crippen molar-refractivity contribution in [3.05, 3.63) is 0 Å². The number of amides is 4. The van der Waals surface area contributed by atoms with Crippen LogP contribution in [0.15, 0.2) is 0 Å². The maximum Gasteiger partial charge on any atom is 0.334 e. The van der Waals surface area contributed by atoms with E-state index in [2.05, 4.69) is 10.6 Å². The third-order valence-electron chi connectivity index (χ3n) is 5.96. The number of piperazine rings is 1. The quantitative estimate of drug-likeness (QED) is 0.435. The van der Waals surface area contributed by atoms with Crippen LogP contribution in [0.1, 0.15) is 50.6 Å². The number of rotatable bonds is 9. The van der Waals surface area contributed by atoms with Gasteiger partial charge in [0.25, 0.3) is 11.8 Å². The highest BCUT2D eigenvalue weighted by atomic mass is 16.7. The minimum absolute atomic E-state index is 0.00379. The molecule has 2 aliphatic rings. The molecule has 2 atom stereocenters. The molecular weight excluding hydrogens is 418 g/mol. The van der Waals surface area contributed by atoms with Crippen molar-refractivity contribution in [1.29, 1.82) is 0 Å². The predicted octanol–water partition coefficient (Wildman–Crippen LogP) is -0.733. The summed E-state index contributed by atoms with van der Waals surface area (Å²) in [4.78, 5) is 67.7. The van der Waals surface area contributed by atoms with Gasteiger partial charge in [-0.1, -0.05) is 0 Å². The van der Waals surface area contributed by atoms with Gasteiger partial charge in [-0.05, 0) is 34.8 Å². The average molecular weight is 457 g/mol. The van der Waals surface area contributed by atoms with E-state index < -0.39 is 42.1 Å². The van der Waals surface area contributed by atoms with Crippen molar-refractivity contribution in [3.63, 3.8) is 0 Å². The van der Waals surface area contributed by atoms with Gasteiger partial charge in [0.05, 0.1) is 11.8 Å².